The van der Waals surface area contributed by atoms with Crippen LogP contribution in [-0.4, -0.2) is 29.0 Å². The van der Waals surface area contributed by atoms with E-state index in [2.05, 4.69) is 15.5 Å². The third-order valence-electron chi connectivity index (χ3n) is 3.50. The number of carbonyl (C=O) groups is 1. The van der Waals surface area contributed by atoms with Gasteiger partial charge in [0.05, 0.1) is 29.3 Å². The highest BCUT2D eigenvalue weighted by Gasteiger charge is 2.08. The molecule has 3 aromatic rings. The molecule has 2 aromatic carbocycles. The Morgan fingerprint density at radius 1 is 1.12 bits per heavy atom. The van der Waals surface area contributed by atoms with Crippen molar-refractivity contribution in [1.82, 2.24) is 10.2 Å². The highest BCUT2D eigenvalue weighted by atomic mass is 35.5. The quantitative estimate of drug-likeness (QED) is 0.631. The Morgan fingerprint density at radius 3 is 2.69 bits per heavy atom. The Morgan fingerprint density at radius 2 is 1.96 bits per heavy atom. The molecule has 0 aliphatic rings. The van der Waals surface area contributed by atoms with Gasteiger partial charge >= 0.3 is 0 Å². The van der Waals surface area contributed by atoms with Gasteiger partial charge in [0.2, 0.25) is 5.91 Å². The predicted molar refractivity (Wildman–Crippen MR) is 105 cm³/mol. The topological polar surface area (TPSA) is 64.1 Å². The van der Waals surface area contributed by atoms with Gasteiger partial charge in [-0.15, -0.1) is 10.2 Å². The van der Waals surface area contributed by atoms with Crippen molar-refractivity contribution in [2.24, 2.45) is 0 Å². The molecule has 0 unspecified atom stereocenters. The number of nitrogens with one attached hydrogen (secondary N) is 1. The number of anilines is 1. The second kappa shape index (κ2) is 8.69. The third kappa shape index (κ3) is 4.74. The molecule has 0 bridgehead atoms. The minimum Gasteiger partial charge on any atom is -0.497 e. The van der Waals surface area contributed by atoms with Gasteiger partial charge in [-0.2, -0.15) is 0 Å². The number of rotatable bonds is 6. The monoisotopic (exact) mass is 385 g/mol. The van der Waals surface area contributed by atoms with Crippen LogP contribution in [0, 0.1) is 0 Å². The van der Waals surface area contributed by atoms with E-state index in [1.54, 1.807) is 19.2 Å². The molecular formula is C19H16ClN3O2S. The number of thioether (sulfide) groups is 1. The lowest BCUT2D eigenvalue weighted by molar-refractivity contribution is -0.113. The molecule has 1 amide bonds. The number of hydrogen-bond donors (Lipinski definition) is 1. The number of aromatic nitrogens is 2. The Hall–Kier alpha value is -2.57. The lowest BCUT2D eigenvalue weighted by Gasteiger charge is -2.07. The summed E-state index contributed by atoms with van der Waals surface area (Å²) in [4.78, 5) is 12.0. The molecule has 132 valence electrons. The predicted octanol–water partition coefficient (Wildman–Crippen LogP) is 4.54. The molecule has 0 spiro atoms. The molecule has 7 heteroatoms. The second-order valence-electron chi connectivity index (χ2n) is 5.31. The van der Waals surface area contributed by atoms with Crippen LogP contribution < -0.4 is 10.1 Å². The van der Waals surface area contributed by atoms with Gasteiger partial charge in [0.25, 0.3) is 0 Å². The average molecular weight is 386 g/mol. The SMILES string of the molecule is COc1cccc(-c2ccc(SCC(=O)Nc3ccccc3Cl)nn2)c1. The van der Waals surface area contributed by atoms with Crippen LogP contribution >= 0.6 is 23.4 Å². The van der Waals surface area contributed by atoms with Gasteiger partial charge in [0.1, 0.15) is 10.8 Å². The molecular weight excluding hydrogens is 370 g/mol. The number of methoxy groups -OCH3 is 1. The van der Waals surface area contributed by atoms with E-state index >= 15 is 0 Å². The van der Waals surface area contributed by atoms with Crippen LogP contribution in [0.15, 0.2) is 65.7 Å². The first kappa shape index (κ1) is 18.2. The molecule has 26 heavy (non-hydrogen) atoms. The molecule has 0 aliphatic heterocycles. The third-order valence-corrected chi connectivity index (χ3v) is 4.75. The lowest BCUT2D eigenvalue weighted by atomic mass is 10.1. The van der Waals surface area contributed by atoms with Gasteiger partial charge in [-0.3, -0.25) is 4.79 Å². The van der Waals surface area contributed by atoms with Crippen LogP contribution in [0.4, 0.5) is 5.69 Å². The van der Waals surface area contributed by atoms with Gasteiger partial charge in [-0.05, 0) is 36.4 Å². The van der Waals surface area contributed by atoms with Crippen LogP contribution in [0.3, 0.4) is 0 Å². The van der Waals surface area contributed by atoms with Crippen LogP contribution in [0.5, 0.6) is 5.75 Å². The maximum absolute atomic E-state index is 12.0. The van der Waals surface area contributed by atoms with Crippen molar-refractivity contribution in [3.63, 3.8) is 0 Å². The number of amides is 1. The van der Waals surface area contributed by atoms with E-state index in [1.165, 1.54) is 11.8 Å². The van der Waals surface area contributed by atoms with E-state index in [0.29, 0.717) is 15.7 Å². The van der Waals surface area contributed by atoms with E-state index < -0.39 is 0 Å². The van der Waals surface area contributed by atoms with Crippen molar-refractivity contribution in [2.45, 2.75) is 5.03 Å². The van der Waals surface area contributed by atoms with E-state index in [-0.39, 0.29) is 11.7 Å². The summed E-state index contributed by atoms with van der Waals surface area (Å²) in [7, 11) is 1.62. The van der Waals surface area contributed by atoms with Gasteiger partial charge in [-0.25, -0.2) is 0 Å². The molecule has 1 N–H and O–H groups in total. The molecule has 0 saturated carbocycles. The molecule has 0 fully saturated rings. The highest BCUT2D eigenvalue weighted by Crippen LogP contribution is 2.24. The molecule has 3 rings (SSSR count). The van der Waals surface area contributed by atoms with E-state index in [4.69, 9.17) is 16.3 Å². The summed E-state index contributed by atoms with van der Waals surface area (Å²) in [6.45, 7) is 0. The van der Waals surface area contributed by atoms with Crippen molar-refractivity contribution in [1.29, 1.82) is 0 Å². The summed E-state index contributed by atoms with van der Waals surface area (Å²) in [6, 6.07) is 18.4. The Labute approximate surface area is 160 Å². The van der Waals surface area contributed by atoms with Crippen LogP contribution in [0.25, 0.3) is 11.3 Å². The zero-order valence-corrected chi connectivity index (χ0v) is 15.6. The summed E-state index contributed by atoms with van der Waals surface area (Å²) < 4.78 is 5.22. The zero-order chi connectivity index (χ0) is 18.4. The summed E-state index contributed by atoms with van der Waals surface area (Å²) >= 11 is 7.34. The number of benzene rings is 2. The number of nitrogens with zero attached hydrogens (tertiary/aromatic N) is 2. The normalized spacial score (nSPS) is 10.4. The smallest absolute Gasteiger partial charge is 0.234 e. The van der Waals surface area contributed by atoms with Crippen molar-refractivity contribution in [3.05, 3.63) is 65.7 Å². The van der Waals surface area contributed by atoms with Gasteiger partial charge in [0, 0.05) is 5.56 Å². The van der Waals surface area contributed by atoms with Crippen LogP contribution in [0.2, 0.25) is 5.02 Å². The number of carbonyl (C=O) groups excluding carboxylic acids is 1. The fourth-order valence-electron chi connectivity index (χ4n) is 2.22. The largest absolute Gasteiger partial charge is 0.497 e. The Balaban J connectivity index is 1.59. The van der Waals surface area contributed by atoms with Crippen molar-refractivity contribution in [3.8, 4) is 17.0 Å². The Bertz CT molecular complexity index is 903. The summed E-state index contributed by atoms with van der Waals surface area (Å²) in [5, 5.41) is 12.4. The maximum atomic E-state index is 12.0. The number of halogens is 1. The van der Waals surface area contributed by atoms with E-state index in [9.17, 15) is 4.79 Å². The lowest BCUT2D eigenvalue weighted by Crippen LogP contribution is -2.14. The van der Waals surface area contributed by atoms with Gasteiger partial charge in [0.15, 0.2) is 0 Å². The zero-order valence-electron chi connectivity index (χ0n) is 14.0. The van der Waals surface area contributed by atoms with Crippen LogP contribution in [-0.2, 0) is 4.79 Å². The fraction of sp³-hybridized carbons (Fsp3) is 0.105. The standard InChI is InChI=1S/C19H16ClN3O2S/c1-25-14-6-4-5-13(11-14)16-9-10-19(23-22-16)26-12-18(24)21-17-8-3-2-7-15(17)20/h2-11H,12H2,1H3,(H,21,24). The molecule has 0 atom stereocenters. The van der Waals surface area contributed by atoms with Gasteiger partial charge < -0.3 is 10.1 Å². The molecule has 1 aromatic heterocycles. The number of para-hydroxylation sites is 1. The first-order valence-electron chi connectivity index (χ1n) is 7.81. The van der Waals surface area contributed by atoms with E-state index in [0.717, 1.165) is 17.0 Å². The molecule has 0 aliphatic carbocycles. The fourth-order valence-corrected chi connectivity index (χ4v) is 3.02. The summed E-state index contributed by atoms with van der Waals surface area (Å²) in [6.07, 6.45) is 0. The first-order valence-corrected chi connectivity index (χ1v) is 9.17. The van der Waals surface area contributed by atoms with Crippen molar-refractivity contribution < 1.29 is 9.53 Å². The first-order chi connectivity index (χ1) is 12.7. The average Bonchev–Trinajstić information content (AvgIpc) is 2.68. The molecule has 1 heterocycles. The summed E-state index contributed by atoms with van der Waals surface area (Å²) in [5.74, 6) is 0.832. The van der Waals surface area contributed by atoms with Gasteiger partial charge in [-0.1, -0.05) is 47.6 Å². The molecule has 5 nitrogen and oxygen atoms in total. The van der Waals surface area contributed by atoms with Crippen molar-refractivity contribution >= 4 is 35.0 Å². The minimum absolute atomic E-state index is 0.151. The molecule has 0 saturated heterocycles. The molecule has 0 radical (unpaired) electrons. The minimum atomic E-state index is -0.151. The second-order valence-corrected chi connectivity index (χ2v) is 6.71. The summed E-state index contributed by atoms with van der Waals surface area (Å²) in [5.41, 5.74) is 2.26. The Kier molecular flexibility index (Phi) is 6.09. The number of hydrogen-bond acceptors (Lipinski definition) is 5. The van der Waals surface area contributed by atoms with Crippen LogP contribution in [0.1, 0.15) is 0 Å². The van der Waals surface area contributed by atoms with E-state index in [1.807, 2.05) is 48.5 Å². The number of ether oxygens (including phenoxy) is 1. The maximum Gasteiger partial charge on any atom is 0.234 e. The highest BCUT2D eigenvalue weighted by molar-refractivity contribution is 7.99. The van der Waals surface area contributed by atoms with Crippen molar-refractivity contribution in [2.75, 3.05) is 18.2 Å².